The third-order valence-corrected chi connectivity index (χ3v) is 4.07. The number of nitrogens with one attached hydrogen (secondary N) is 1. The van der Waals surface area contributed by atoms with E-state index in [0.29, 0.717) is 6.54 Å². The van der Waals surface area contributed by atoms with Crippen molar-refractivity contribution in [2.75, 3.05) is 6.54 Å². The molecule has 3 nitrogen and oxygen atoms in total. The summed E-state index contributed by atoms with van der Waals surface area (Å²) in [6, 6.07) is 8.46. The van der Waals surface area contributed by atoms with Gasteiger partial charge >= 0.3 is 0 Å². The molecule has 1 aromatic carbocycles. The lowest BCUT2D eigenvalue weighted by molar-refractivity contribution is 0.0554. The fraction of sp³-hybridized carbons (Fsp3) is 0.500. The first kappa shape index (κ1) is 14.1. The number of rotatable bonds is 5. The minimum absolute atomic E-state index is 0.616. The molecule has 0 fully saturated rings. The van der Waals surface area contributed by atoms with Crippen molar-refractivity contribution in [3.63, 3.8) is 0 Å². The molecule has 104 valence electrons. The quantitative estimate of drug-likeness (QED) is 0.867. The zero-order valence-electron chi connectivity index (χ0n) is 12.3. The third kappa shape index (κ3) is 2.82. The Morgan fingerprint density at radius 2 is 2.00 bits per heavy atom. The van der Waals surface area contributed by atoms with E-state index in [1.165, 1.54) is 22.2 Å². The Kier molecular flexibility index (Phi) is 3.97. The number of aromatic nitrogens is 1. The average molecular weight is 260 g/mol. The summed E-state index contributed by atoms with van der Waals surface area (Å²) in [6.45, 7) is 7.44. The van der Waals surface area contributed by atoms with E-state index in [-0.39, 0.29) is 0 Å². The number of benzene rings is 1. The summed E-state index contributed by atoms with van der Waals surface area (Å²) in [4.78, 5) is 0. The smallest absolute Gasteiger partial charge is 0.0741 e. The van der Waals surface area contributed by atoms with Gasteiger partial charge in [0.05, 0.1) is 5.60 Å². The van der Waals surface area contributed by atoms with Crippen molar-refractivity contribution in [3.05, 3.63) is 35.5 Å². The van der Waals surface area contributed by atoms with E-state index in [1.807, 2.05) is 13.8 Å². The van der Waals surface area contributed by atoms with Crippen molar-refractivity contribution in [1.82, 2.24) is 9.88 Å². The Balaban J connectivity index is 2.17. The zero-order chi connectivity index (χ0) is 14.0. The molecular formula is C16H24N2O. The molecule has 3 heteroatoms. The number of aryl methyl sites for hydroxylation is 2. The van der Waals surface area contributed by atoms with Crippen LogP contribution in [0.25, 0.3) is 10.9 Å². The lowest BCUT2D eigenvalue weighted by Gasteiger charge is -2.22. The summed E-state index contributed by atoms with van der Waals surface area (Å²) in [7, 11) is 2.10. The topological polar surface area (TPSA) is 37.2 Å². The molecular weight excluding hydrogens is 236 g/mol. The van der Waals surface area contributed by atoms with Crippen molar-refractivity contribution in [2.45, 2.75) is 39.3 Å². The Bertz CT molecular complexity index is 530. The van der Waals surface area contributed by atoms with Gasteiger partial charge in [0, 0.05) is 36.7 Å². The van der Waals surface area contributed by atoms with Crippen molar-refractivity contribution in [3.8, 4) is 0 Å². The lowest BCUT2D eigenvalue weighted by Crippen LogP contribution is -2.37. The van der Waals surface area contributed by atoms with Crippen molar-refractivity contribution < 1.29 is 5.11 Å². The van der Waals surface area contributed by atoms with Gasteiger partial charge in [-0.2, -0.15) is 0 Å². The zero-order valence-corrected chi connectivity index (χ0v) is 12.3. The van der Waals surface area contributed by atoms with Crippen LogP contribution in [0.1, 0.15) is 31.5 Å². The van der Waals surface area contributed by atoms with Crippen LogP contribution >= 0.6 is 0 Å². The normalized spacial score (nSPS) is 14.8. The molecule has 0 spiro atoms. The highest BCUT2D eigenvalue weighted by Gasteiger charge is 2.17. The van der Waals surface area contributed by atoms with Gasteiger partial charge in [-0.25, -0.2) is 0 Å². The molecule has 0 saturated carbocycles. The summed E-state index contributed by atoms with van der Waals surface area (Å²) in [5.74, 6) is 0. The van der Waals surface area contributed by atoms with Gasteiger partial charge in [0.25, 0.3) is 0 Å². The maximum absolute atomic E-state index is 10.0. The van der Waals surface area contributed by atoms with Gasteiger partial charge in [0.2, 0.25) is 0 Å². The van der Waals surface area contributed by atoms with Gasteiger partial charge in [0.1, 0.15) is 0 Å². The highest BCUT2D eigenvalue weighted by molar-refractivity contribution is 5.85. The van der Waals surface area contributed by atoms with Gasteiger partial charge in [-0.1, -0.05) is 25.1 Å². The number of hydrogen-bond acceptors (Lipinski definition) is 2. The highest BCUT2D eigenvalue weighted by Crippen LogP contribution is 2.24. The molecule has 0 aliphatic rings. The van der Waals surface area contributed by atoms with E-state index >= 15 is 0 Å². The molecule has 1 heterocycles. The first-order valence-electron chi connectivity index (χ1n) is 6.92. The second-order valence-electron chi connectivity index (χ2n) is 5.60. The van der Waals surface area contributed by atoms with Crippen LogP contribution in [0.15, 0.2) is 24.3 Å². The Morgan fingerprint density at radius 1 is 1.32 bits per heavy atom. The van der Waals surface area contributed by atoms with Gasteiger partial charge in [-0.15, -0.1) is 0 Å². The number of hydrogen-bond donors (Lipinski definition) is 2. The molecule has 1 unspecified atom stereocenters. The SMILES string of the molecule is CCC(C)(O)CNCc1c(C)c2ccccc2n1C. The van der Waals surface area contributed by atoms with E-state index in [1.54, 1.807) is 0 Å². The minimum Gasteiger partial charge on any atom is -0.389 e. The molecule has 19 heavy (non-hydrogen) atoms. The minimum atomic E-state index is -0.626. The Hall–Kier alpha value is -1.32. The molecule has 1 atom stereocenters. The standard InChI is InChI=1S/C16H24N2O/c1-5-16(3,19)11-17-10-15-12(2)13-8-6-7-9-14(13)18(15)4/h6-9,17,19H,5,10-11H2,1-4H3. The molecule has 1 aromatic heterocycles. The largest absolute Gasteiger partial charge is 0.389 e. The maximum Gasteiger partial charge on any atom is 0.0741 e. The third-order valence-electron chi connectivity index (χ3n) is 4.07. The maximum atomic E-state index is 10.0. The number of fused-ring (bicyclic) bond motifs is 1. The monoisotopic (exact) mass is 260 g/mol. The Labute approximate surface area is 115 Å². The van der Waals surface area contributed by atoms with Crippen molar-refractivity contribution in [2.24, 2.45) is 7.05 Å². The second kappa shape index (κ2) is 5.35. The summed E-state index contributed by atoms with van der Waals surface area (Å²) < 4.78 is 2.23. The molecule has 0 bridgehead atoms. The molecule has 0 amide bonds. The molecule has 0 aliphatic heterocycles. The molecule has 2 rings (SSSR count). The summed E-state index contributed by atoms with van der Waals surface area (Å²) >= 11 is 0. The molecule has 2 N–H and O–H groups in total. The fourth-order valence-electron chi connectivity index (χ4n) is 2.46. The molecule has 0 saturated heterocycles. The second-order valence-corrected chi connectivity index (χ2v) is 5.60. The average Bonchev–Trinajstić information content (AvgIpc) is 2.64. The van der Waals surface area contributed by atoms with Crippen LogP contribution in [0.5, 0.6) is 0 Å². The van der Waals surface area contributed by atoms with Crippen molar-refractivity contribution in [1.29, 1.82) is 0 Å². The van der Waals surface area contributed by atoms with Crippen LogP contribution in [-0.4, -0.2) is 21.8 Å². The lowest BCUT2D eigenvalue weighted by atomic mass is 10.0. The number of para-hydroxylation sites is 1. The van der Waals surface area contributed by atoms with Crippen molar-refractivity contribution >= 4 is 10.9 Å². The molecule has 2 aromatic rings. The molecule has 0 radical (unpaired) electrons. The van der Waals surface area contributed by atoms with E-state index in [2.05, 4.69) is 48.1 Å². The Morgan fingerprint density at radius 3 is 2.63 bits per heavy atom. The number of nitrogens with zero attached hydrogens (tertiary/aromatic N) is 1. The van der Waals surface area contributed by atoms with Crippen LogP contribution in [0.2, 0.25) is 0 Å². The summed E-state index contributed by atoms with van der Waals surface area (Å²) in [6.07, 6.45) is 0.758. The first-order valence-corrected chi connectivity index (χ1v) is 6.92. The van der Waals surface area contributed by atoms with E-state index in [4.69, 9.17) is 0 Å². The van der Waals surface area contributed by atoms with Gasteiger partial charge in [0.15, 0.2) is 0 Å². The summed E-state index contributed by atoms with van der Waals surface area (Å²) in [5, 5.41) is 14.7. The highest BCUT2D eigenvalue weighted by atomic mass is 16.3. The van der Waals surface area contributed by atoms with E-state index in [9.17, 15) is 5.11 Å². The van der Waals surface area contributed by atoms with Crippen LogP contribution in [0, 0.1) is 6.92 Å². The summed E-state index contributed by atoms with van der Waals surface area (Å²) in [5.41, 5.74) is 3.24. The van der Waals surface area contributed by atoms with Crippen LogP contribution in [0.3, 0.4) is 0 Å². The predicted molar refractivity (Wildman–Crippen MR) is 80.3 cm³/mol. The van der Waals surface area contributed by atoms with Crippen LogP contribution < -0.4 is 5.32 Å². The first-order chi connectivity index (χ1) is 8.96. The van der Waals surface area contributed by atoms with Gasteiger partial charge < -0.3 is 15.0 Å². The van der Waals surface area contributed by atoms with Gasteiger partial charge in [-0.05, 0) is 31.9 Å². The number of aliphatic hydroxyl groups is 1. The van der Waals surface area contributed by atoms with Crippen LogP contribution in [-0.2, 0) is 13.6 Å². The van der Waals surface area contributed by atoms with E-state index < -0.39 is 5.60 Å². The molecule has 0 aliphatic carbocycles. The van der Waals surface area contributed by atoms with Crippen LogP contribution in [0.4, 0.5) is 0 Å². The van der Waals surface area contributed by atoms with E-state index in [0.717, 1.165) is 13.0 Å². The fourth-order valence-corrected chi connectivity index (χ4v) is 2.46. The van der Waals surface area contributed by atoms with Gasteiger partial charge in [-0.3, -0.25) is 0 Å². The predicted octanol–water partition coefficient (Wildman–Crippen LogP) is 2.74.